The summed E-state index contributed by atoms with van der Waals surface area (Å²) in [5.41, 5.74) is 0.696. The minimum atomic E-state index is -0.196. The first-order valence-electron chi connectivity index (χ1n) is 6.52. The highest BCUT2D eigenvalue weighted by Gasteiger charge is 2.42. The number of nitrogens with one attached hydrogen (secondary N) is 1. The van der Waals surface area contributed by atoms with Gasteiger partial charge in [0.25, 0.3) is 0 Å². The summed E-state index contributed by atoms with van der Waals surface area (Å²) in [6.07, 6.45) is 5.54. The van der Waals surface area contributed by atoms with Crippen LogP contribution in [0, 0.1) is 5.82 Å². The number of hydrogen-bond donors (Lipinski definition) is 1. The van der Waals surface area contributed by atoms with Crippen LogP contribution in [-0.2, 0) is 4.74 Å². The number of hydrogen-bond acceptors (Lipinski definition) is 2. The molecule has 3 rings (SSSR count). The highest BCUT2D eigenvalue weighted by atomic mass is 79.9. The van der Waals surface area contributed by atoms with Crippen LogP contribution in [0.15, 0.2) is 22.7 Å². The second-order valence-corrected chi connectivity index (χ2v) is 6.26. The largest absolute Gasteiger partial charge is 0.380 e. The Kier molecular flexibility index (Phi) is 3.32. The Bertz CT molecular complexity index is 447. The minimum Gasteiger partial charge on any atom is -0.380 e. The molecule has 1 unspecified atom stereocenters. The Morgan fingerprint density at radius 2 is 2.22 bits per heavy atom. The van der Waals surface area contributed by atoms with Gasteiger partial charge in [-0.05, 0) is 50.3 Å². The van der Waals surface area contributed by atoms with E-state index in [2.05, 4.69) is 21.2 Å². The zero-order valence-electron chi connectivity index (χ0n) is 10.2. The lowest BCUT2D eigenvalue weighted by Crippen LogP contribution is -2.49. The Labute approximate surface area is 115 Å². The predicted octanol–water partition coefficient (Wildman–Crippen LogP) is 4.10. The molecule has 1 aliphatic heterocycles. The lowest BCUT2D eigenvalue weighted by Gasteiger charge is -2.47. The molecule has 98 valence electrons. The van der Waals surface area contributed by atoms with Crippen molar-refractivity contribution in [1.29, 1.82) is 0 Å². The van der Waals surface area contributed by atoms with E-state index in [-0.39, 0.29) is 11.4 Å². The average molecular weight is 314 g/mol. The number of ether oxygens (including phenoxy) is 1. The molecule has 0 aromatic heterocycles. The van der Waals surface area contributed by atoms with E-state index in [1.54, 1.807) is 6.07 Å². The fourth-order valence-electron chi connectivity index (χ4n) is 2.90. The van der Waals surface area contributed by atoms with Gasteiger partial charge in [0.05, 0.1) is 11.3 Å². The summed E-state index contributed by atoms with van der Waals surface area (Å²) in [6.45, 7) is 0.788. The Morgan fingerprint density at radius 3 is 2.89 bits per heavy atom. The molecule has 2 fully saturated rings. The van der Waals surface area contributed by atoms with Gasteiger partial charge in [-0.15, -0.1) is 0 Å². The molecule has 1 heterocycles. The maximum Gasteiger partial charge on any atom is 0.147 e. The summed E-state index contributed by atoms with van der Waals surface area (Å²) < 4.78 is 20.4. The Hall–Kier alpha value is -0.610. The Balaban J connectivity index is 1.68. The molecule has 4 heteroatoms. The fraction of sp³-hybridized carbons (Fsp3) is 0.571. The van der Waals surface area contributed by atoms with Crippen molar-refractivity contribution in [2.24, 2.45) is 0 Å². The third-order valence-corrected chi connectivity index (χ3v) is 4.54. The van der Waals surface area contributed by atoms with Crippen LogP contribution in [0.4, 0.5) is 10.1 Å². The van der Waals surface area contributed by atoms with E-state index in [1.165, 1.54) is 12.5 Å². The van der Waals surface area contributed by atoms with Gasteiger partial charge in [0.1, 0.15) is 5.82 Å². The van der Waals surface area contributed by atoms with Crippen LogP contribution in [0.5, 0.6) is 0 Å². The Morgan fingerprint density at radius 1 is 1.39 bits per heavy atom. The van der Waals surface area contributed by atoms with Gasteiger partial charge in [-0.1, -0.05) is 15.9 Å². The van der Waals surface area contributed by atoms with Crippen molar-refractivity contribution in [1.82, 2.24) is 0 Å². The zero-order chi connectivity index (χ0) is 12.6. The molecule has 1 aromatic carbocycles. The SMILES string of the molecule is Fc1cc(Br)ccc1NC1CCOC2(CCC2)C1. The molecule has 2 aliphatic rings. The molecule has 0 radical (unpaired) electrons. The van der Waals surface area contributed by atoms with Gasteiger partial charge in [-0.3, -0.25) is 0 Å². The van der Waals surface area contributed by atoms with Gasteiger partial charge >= 0.3 is 0 Å². The molecule has 1 saturated carbocycles. The van der Waals surface area contributed by atoms with Crippen molar-refractivity contribution in [2.75, 3.05) is 11.9 Å². The van der Waals surface area contributed by atoms with Gasteiger partial charge in [0, 0.05) is 17.1 Å². The molecule has 0 amide bonds. The summed E-state index contributed by atoms with van der Waals surface area (Å²) >= 11 is 3.27. The first-order chi connectivity index (χ1) is 8.67. The standard InChI is InChI=1S/C14H17BrFNO/c15-10-2-3-13(12(16)8-10)17-11-4-7-18-14(9-11)5-1-6-14/h2-3,8,11,17H,1,4-7,9H2. The lowest BCUT2D eigenvalue weighted by atomic mass is 9.74. The maximum atomic E-state index is 13.8. The van der Waals surface area contributed by atoms with Crippen LogP contribution >= 0.6 is 15.9 Å². The molecule has 18 heavy (non-hydrogen) atoms. The van der Waals surface area contributed by atoms with E-state index in [9.17, 15) is 4.39 Å². The van der Waals surface area contributed by atoms with Crippen LogP contribution in [0.25, 0.3) is 0 Å². The van der Waals surface area contributed by atoms with Crippen LogP contribution in [0.1, 0.15) is 32.1 Å². The molecule has 1 N–H and O–H groups in total. The summed E-state index contributed by atoms with van der Waals surface area (Å²) in [5.74, 6) is -0.196. The maximum absolute atomic E-state index is 13.8. The zero-order valence-corrected chi connectivity index (χ0v) is 11.8. The van der Waals surface area contributed by atoms with Crippen molar-refractivity contribution < 1.29 is 9.13 Å². The molecule has 1 aromatic rings. The normalized spacial score (nSPS) is 25.8. The van der Waals surface area contributed by atoms with Crippen molar-refractivity contribution in [2.45, 2.75) is 43.7 Å². The van der Waals surface area contributed by atoms with Crippen molar-refractivity contribution in [3.63, 3.8) is 0 Å². The summed E-state index contributed by atoms with van der Waals surface area (Å²) in [5, 5.41) is 3.32. The first kappa shape index (κ1) is 12.4. The molecule has 0 bridgehead atoms. The van der Waals surface area contributed by atoms with Crippen molar-refractivity contribution in [3.8, 4) is 0 Å². The van der Waals surface area contributed by atoms with E-state index in [0.717, 1.165) is 36.8 Å². The number of rotatable bonds is 2. The van der Waals surface area contributed by atoms with Crippen LogP contribution in [0.3, 0.4) is 0 Å². The molecule has 1 atom stereocenters. The molecular formula is C14H17BrFNO. The monoisotopic (exact) mass is 313 g/mol. The topological polar surface area (TPSA) is 21.3 Å². The van der Waals surface area contributed by atoms with Crippen LogP contribution in [-0.4, -0.2) is 18.2 Å². The third-order valence-electron chi connectivity index (χ3n) is 4.05. The molecule has 1 aliphatic carbocycles. The predicted molar refractivity (Wildman–Crippen MR) is 73.3 cm³/mol. The second kappa shape index (κ2) is 4.82. The van der Waals surface area contributed by atoms with Gasteiger partial charge in [-0.2, -0.15) is 0 Å². The highest BCUT2D eigenvalue weighted by molar-refractivity contribution is 9.10. The second-order valence-electron chi connectivity index (χ2n) is 5.34. The summed E-state index contributed by atoms with van der Waals surface area (Å²) in [6, 6.07) is 5.49. The first-order valence-corrected chi connectivity index (χ1v) is 7.32. The number of halogens is 2. The summed E-state index contributed by atoms with van der Waals surface area (Å²) in [7, 11) is 0. The summed E-state index contributed by atoms with van der Waals surface area (Å²) in [4.78, 5) is 0. The van der Waals surface area contributed by atoms with Crippen molar-refractivity contribution in [3.05, 3.63) is 28.5 Å². The fourth-order valence-corrected chi connectivity index (χ4v) is 3.23. The van der Waals surface area contributed by atoms with E-state index in [0.29, 0.717) is 11.7 Å². The average Bonchev–Trinajstić information content (AvgIpc) is 2.31. The van der Waals surface area contributed by atoms with Crippen molar-refractivity contribution >= 4 is 21.6 Å². The highest BCUT2D eigenvalue weighted by Crippen LogP contribution is 2.43. The van der Waals surface area contributed by atoms with E-state index in [4.69, 9.17) is 4.74 Å². The molecule has 1 spiro atoms. The van der Waals surface area contributed by atoms with Gasteiger partial charge < -0.3 is 10.1 Å². The van der Waals surface area contributed by atoms with Crippen LogP contribution in [0.2, 0.25) is 0 Å². The number of anilines is 1. The van der Waals surface area contributed by atoms with E-state index >= 15 is 0 Å². The quantitative estimate of drug-likeness (QED) is 0.887. The molecular weight excluding hydrogens is 297 g/mol. The molecule has 2 nitrogen and oxygen atoms in total. The van der Waals surface area contributed by atoms with Crippen LogP contribution < -0.4 is 5.32 Å². The van der Waals surface area contributed by atoms with Gasteiger partial charge in [0.15, 0.2) is 0 Å². The smallest absolute Gasteiger partial charge is 0.147 e. The lowest BCUT2D eigenvalue weighted by molar-refractivity contribution is -0.130. The van der Waals surface area contributed by atoms with Gasteiger partial charge in [0.2, 0.25) is 0 Å². The number of benzene rings is 1. The van der Waals surface area contributed by atoms with Gasteiger partial charge in [-0.25, -0.2) is 4.39 Å². The van der Waals surface area contributed by atoms with E-state index < -0.39 is 0 Å². The van der Waals surface area contributed by atoms with E-state index in [1.807, 2.05) is 6.07 Å². The minimum absolute atomic E-state index is 0.0990. The molecule has 1 saturated heterocycles. The third kappa shape index (κ3) is 2.41.